The van der Waals surface area contributed by atoms with Gasteiger partial charge in [0.2, 0.25) is 0 Å². The molecule has 15 nitrogen and oxygen atoms in total. The molecule has 7 aliphatic rings. The standard InChI is InChI=1S/C41H68O15/c1-19(52-37-33(46)32(45)31(44)28(18-42)55-37)24-12-15-41(48)26-9-8-22-16-23(10-13-39(22,4)25(26)11-14-40(24,41)5)54-29-17-27(49-6)35(21(3)51-29)56-38-34(47)36(50-7)30(43)20(2)53-38/h8,19-21,23-38,42-48H,9-18H2,1-7H3/t19-,20+,21+,23-,24+,25-,26-,27-,28-,29-,30+,31-,32+,33-,34+,35+,36-,37-,38-,39-,40+,41-/m0/s1. The minimum atomic E-state index is -1.51. The first kappa shape index (κ1) is 43.2. The maximum Gasteiger partial charge on any atom is 0.187 e. The Morgan fingerprint density at radius 3 is 2.23 bits per heavy atom. The first-order valence-electron chi connectivity index (χ1n) is 20.9. The summed E-state index contributed by atoms with van der Waals surface area (Å²) < 4.78 is 48.3. The molecule has 56 heavy (non-hydrogen) atoms. The minimum Gasteiger partial charge on any atom is -0.394 e. The monoisotopic (exact) mass is 800 g/mol. The minimum absolute atomic E-state index is 0.0269. The van der Waals surface area contributed by atoms with Gasteiger partial charge in [-0.3, -0.25) is 0 Å². The number of aliphatic hydroxyl groups is 7. The van der Waals surface area contributed by atoms with Gasteiger partial charge in [0.15, 0.2) is 18.9 Å². The van der Waals surface area contributed by atoms with Crippen LogP contribution in [0.5, 0.6) is 0 Å². The average Bonchev–Trinajstić information content (AvgIpc) is 3.45. The van der Waals surface area contributed by atoms with Crippen molar-refractivity contribution in [3.8, 4) is 0 Å². The predicted molar refractivity (Wildman–Crippen MR) is 198 cm³/mol. The third-order valence-corrected chi connectivity index (χ3v) is 15.7. The lowest BCUT2D eigenvalue weighted by molar-refractivity contribution is -0.342. The van der Waals surface area contributed by atoms with Crippen molar-refractivity contribution in [1.29, 1.82) is 0 Å². The topological polar surface area (TPSA) is 215 Å². The highest BCUT2D eigenvalue weighted by molar-refractivity contribution is 5.28. The molecule has 3 heterocycles. The largest absolute Gasteiger partial charge is 0.394 e. The highest BCUT2D eigenvalue weighted by Gasteiger charge is 2.67. The number of ether oxygens (including phenoxy) is 8. The number of fused-ring (bicyclic) bond motifs is 5. The Morgan fingerprint density at radius 1 is 0.786 bits per heavy atom. The van der Waals surface area contributed by atoms with Gasteiger partial charge in [-0.25, -0.2) is 0 Å². The van der Waals surface area contributed by atoms with E-state index in [1.165, 1.54) is 12.7 Å². The summed E-state index contributed by atoms with van der Waals surface area (Å²) in [4.78, 5) is 0. The summed E-state index contributed by atoms with van der Waals surface area (Å²) in [5, 5.41) is 74.9. The molecule has 0 aromatic heterocycles. The Morgan fingerprint density at radius 2 is 1.54 bits per heavy atom. The molecular weight excluding hydrogens is 732 g/mol. The van der Waals surface area contributed by atoms with Crippen LogP contribution in [0.3, 0.4) is 0 Å². The van der Waals surface area contributed by atoms with E-state index in [0.29, 0.717) is 18.8 Å². The fourth-order valence-corrected chi connectivity index (χ4v) is 12.3. The van der Waals surface area contributed by atoms with Crippen LogP contribution in [0.15, 0.2) is 11.6 Å². The highest BCUT2D eigenvalue weighted by Crippen LogP contribution is 2.68. The fourth-order valence-electron chi connectivity index (χ4n) is 12.3. The van der Waals surface area contributed by atoms with Crippen LogP contribution in [0.2, 0.25) is 0 Å². The fraction of sp³-hybridized carbons (Fsp3) is 0.951. The molecule has 0 amide bonds. The number of rotatable bonds is 10. The molecule has 7 rings (SSSR count). The van der Waals surface area contributed by atoms with Crippen molar-refractivity contribution in [3.63, 3.8) is 0 Å². The second-order valence-corrected chi connectivity index (χ2v) is 18.4. The lowest BCUT2D eigenvalue weighted by atomic mass is 9.45. The van der Waals surface area contributed by atoms with Crippen LogP contribution in [0.4, 0.5) is 0 Å². The van der Waals surface area contributed by atoms with Crippen molar-refractivity contribution in [2.75, 3.05) is 20.8 Å². The van der Waals surface area contributed by atoms with Crippen LogP contribution in [0, 0.1) is 28.6 Å². The van der Waals surface area contributed by atoms with Gasteiger partial charge in [-0.2, -0.15) is 0 Å². The molecule has 0 bridgehead atoms. The van der Waals surface area contributed by atoms with Crippen molar-refractivity contribution >= 4 is 0 Å². The van der Waals surface area contributed by atoms with Crippen LogP contribution >= 0.6 is 0 Å². The van der Waals surface area contributed by atoms with E-state index in [1.807, 2.05) is 13.8 Å². The number of aliphatic hydroxyl groups excluding tert-OH is 6. The molecule has 0 unspecified atom stereocenters. The lowest BCUT2D eigenvalue weighted by Crippen LogP contribution is -2.62. The number of hydrogen-bond acceptors (Lipinski definition) is 15. The molecular formula is C41H68O15. The molecule has 0 spiro atoms. The summed E-state index contributed by atoms with van der Waals surface area (Å²) in [6, 6.07) is 0. The molecule has 6 fully saturated rings. The Kier molecular flexibility index (Phi) is 12.8. The Balaban J connectivity index is 0.974. The Bertz CT molecular complexity index is 1380. The maximum absolute atomic E-state index is 12.8. The quantitative estimate of drug-likeness (QED) is 0.155. The van der Waals surface area contributed by atoms with Gasteiger partial charge in [0.25, 0.3) is 0 Å². The molecule has 0 aromatic rings. The zero-order chi connectivity index (χ0) is 40.5. The summed E-state index contributed by atoms with van der Waals surface area (Å²) in [6.07, 6.45) is -4.36. The first-order valence-corrected chi connectivity index (χ1v) is 20.9. The number of methoxy groups -OCH3 is 2. The summed E-state index contributed by atoms with van der Waals surface area (Å²) >= 11 is 0. The van der Waals surface area contributed by atoms with Crippen LogP contribution < -0.4 is 0 Å². The molecule has 22 atom stereocenters. The molecule has 3 saturated carbocycles. The normalized spacial score (nSPS) is 54.1. The molecule has 7 N–H and O–H groups in total. The summed E-state index contributed by atoms with van der Waals surface area (Å²) in [6.45, 7) is 9.56. The lowest BCUT2D eigenvalue weighted by Gasteiger charge is -2.61. The second-order valence-electron chi connectivity index (χ2n) is 18.4. The smallest absolute Gasteiger partial charge is 0.187 e. The summed E-state index contributed by atoms with van der Waals surface area (Å²) in [5.41, 5.74) is -0.0367. The van der Waals surface area contributed by atoms with Gasteiger partial charge in [-0.15, -0.1) is 0 Å². The van der Waals surface area contributed by atoms with E-state index in [9.17, 15) is 35.7 Å². The van der Waals surface area contributed by atoms with Crippen LogP contribution in [0.1, 0.15) is 92.4 Å². The molecule has 15 heteroatoms. The molecule has 0 radical (unpaired) electrons. The van der Waals surface area contributed by atoms with Gasteiger partial charge >= 0.3 is 0 Å². The number of allylic oxidation sites excluding steroid dienone is 1. The highest BCUT2D eigenvalue weighted by atomic mass is 16.7. The van der Waals surface area contributed by atoms with Crippen LogP contribution in [-0.4, -0.2) is 160 Å². The molecule has 0 aromatic carbocycles. The first-order chi connectivity index (χ1) is 26.5. The van der Waals surface area contributed by atoms with E-state index >= 15 is 0 Å². The Hall–Kier alpha value is -0.860. The molecule has 4 aliphatic carbocycles. The van der Waals surface area contributed by atoms with Crippen LogP contribution in [-0.2, 0) is 37.9 Å². The van der Waals surface area contributed by atoms with Gasteiger partial charge in [0, 0.05) is 26.1 Å². The van der Waals surface area contributed by atoms with Gasteiger partial charge in [0.1, 0.15) is 48.8 Å². The number of hydrogen-bond donors (Lipinski definition) is 7. The maximum atomic E-state index is 12.8. The van der Waals surface area contributed by atoms with E-state index < -0.39 is 104 Å². The summed E-state index contributed by atoms with van der Waals surface area (Å²) in [7, 11) is 3.06. The molecule has 3 aliphatic heterocycles. The van der Waals surface area contributed by atoms with Crippen molar-refractivity contribution in [1.82, 2.24) is 0 Å². The molecule has 322 valence electrons. The van der Waals surface area contributed by atoms with E-state index in [1.54, 1.807) is 14.0 Å². The van der Waals surface area contributed by atoms with Crippen LogP contribution in [0.25, 0.3) is 0 Å². The predicted octanol–water partition coefficient (Wildman–Crippen LogP) is 1.29. The van der Waals surface area contributed by atoms with E-state index in [2.05, 4.69) is 19.9 Å². The van der Waals surface area contributed by atoms with Crippen molar-refractivity contribution in [2.45, 2.75) is 196 Å². The van der Waals surface area contributed by atoms with Crippen molar-refractivity contribution in [2.24, 2.45) is 28.6 Å². The van der Waals surface area contributed by atoms with E-state index in [-0.39, 0.29) is 29.5 Å². The third kappa shape index (κ3) is 7.25. The second kappa shape index (κ2) is 16.5. The van der Waals surface area contributed by atoms with Gasteiger partial charge in [-0.1, -0.05) is 25.5 Å². The van der Waals surface area contributed by atoms with Gasteiger partial charge in [-0.05, 0) is 95.3 Å². The third-order valence-electron chi connectivity index (χ3n) is 15.7. The SMILES string of the molecule is CO[C@@H]1[C@@H](O)[C@H](O[C@H]2[C@@H](OC)C[C@H](O[C@H]3CC[C@@]4(C)C(=CC[C@H]5[C@@H]4CC[C@]4(C)[C@@H]([C@H](C)O[C@H]6O[C@@H](CO)[C@H](O)[C@@H](O)[C@@H]6O)CC[C@]54O)C3)O[C@@H]2C)O[C@H](C)[C@H]1O. The Labute approximate surface area is 330 Å². The van der Waals surface area contributed by atoms with Gasteiger partial charge < -0.3 is 73.6 Å². The van der Waals surface area contributed by atoms with E-state index in [0.717, 1.165) is 44.9 Å². The van der Waals surface area contributed by atoms with Gasteiger partial charge in [0.05, 0.1) is 42.7 Å². The van der Waals surface area contributed by atoms with Crippen molar-refractivity contribution < 1.29 is 73.6 Å². The van der Waals surface area contributed by atoms with E-state index in [4.69, 9.17) is 37.9 Å². The summed E-state index contributed by atoms with van der Waals surface area (Å²) in [5.74, 6) is 0.361. The zero-order valence-corrected chi connectivity index (χ0v) is 34.0. The van der Waals surface area contributed by atoms with Crippen molar-refractivity contribution in [3.05, 3.63) is 11.6 Å². The molecule has 3 saturated heterocycles. The zero-order valence-electron chi connectivity index (χ0n) is 34.0. The average molecular weight is 801 g/mol.